The van der Waals surface area contributed by atoms with E-state index in [9.17, 15) is 0 Å². The van der Waals surface area contributed by atoms with Crippen LogP contribution in [0, 0.1) is 0 Å². The Morgan fingerprint density at radius 3 is 2.77 bits per heavy atom. The summed E-state index contributed by atoms with van der Waals surface area (Å²) in [5.74, 6) is 1.34. The van der Waals surface area contributed by atoms with Crippen LogP contribution in [0.4, 0.5) is 0 Å². The molecule has 0 amide bonds. The Bertz CT molecular complexity index is 778. The van der Waals surface area contributed by atoms with Gasteiger partial charge in [0, 0.05) is 27.3 Å². The number of nitrogens with one attached hydrogen (secondary N) is 1. The topological polar surface area (TPSA) is 51.0 Å². The lowest BCUT2D eigenvalue weighted by Crippen LogP contribution is -2.30. The molecule has 1 aliphatic heterocycles. The molecule has 3 aromatic rings. The van der Waals surface area contributed by atoms with Crippen molar-refractivity contribution in [2.45, 2.75) is 11.8 Å². The molecule has 0 saturated carbocycles. The van der Waals surface area contributed by atoms with Crippen LogP contribution in [0.25, 0.3) is 11.4 Å². The molecule has 1 unspecified atom stereocenters. The number of benzene rings is 1. The van der Waals surface area contributed by atoms with Gasteiger partial charge in [-0.25, -0.2) is 0 Å². The molecule has 2 aromatic heterocycles. The SMILES string of the molecule is Brc1cscc1-c1noc(C2(c3ccccc3)CCNC2)n1. The van der Waals surface area contributed by atoms with Crippen molar-refractivity contribution in [3.05, 3.63) is 57.0 Å². The van der Waals surface area contributed by atoms with E-state index in [1.807, 2.05) is 16.8 Å². The molecular formula is C16H14BrN3OS. The van der Waals surface area contributed by atoms with Crippen molar-refractivity contribution < 1.29 is 4.52 Å². The number of rotatable bonds is 3. The minimum atomic E-state index is -0.227. The van der Waals surface area contributed by atoms with Gasteiger partial charge in [0.15, 0.2) is 0 Å². The molecule has 4 rings (SSSR count). The van der Waals surface area contributed by atoms with Gasteiger partial charge < -0.3 is 9.84 Å². The first-order valence-corrected chi connectivity index (χ1v) is 8.86. The van der Waals surface area contributed by atoms with Crippen LogP contribution < -0.4 is 5.32 Å². The Labute approximate surface area is 140 Å². The largest absolute Gasteiger partial charge is 0.338 e. The third-order valence-electron chi connectivity index (χ3n) is 4.17. The first-order valence-electron chi connectivity index (χ1n) is 7.12. The van der Waals surface area contributed by atoms with Crippen LogP contribution in [0.2, 0.25) is 0 Å². The summed E-state index contributed by atoms with van der Waals surface area (Å²) in [6.45, 7) is 1.78. The molecule has 4 nitrogen and oxygen atoms in total. The minimum absolute atomic E-state index is 0.227. The predicted octanol–water partition coefficient (Wildman–Crippen LogP) is 3.84. The molecule has 1 aliphatic rings. The fraction of sp³-hybridized carbons (Fsp3) is 0.250. The Balaban J connectivity index is 1.79. The average molecular weight is 376 g/mol. The maximum Gasteiger partial charge on any atom is 0.238 e. The molecule has 3 heterocycles. The molecule has 0 bridgehead atoms. The average Bonchev–Trinajstić information content (AvgIpc) is 3.28. The monoisotopic (exact) mass is 375 g/mol. The third kappa shape index (κ3) is 2.22. The van der Waals surface area contributed by atoms with E-state index in [1.165, 1.54) is 5.56 Å². The smallest absolute Gasteiger partial charge is 0.238 e. The number of nitrogens with zero attached hydrogens (tertiary/aromatic N) is 2. The number of hydrogen-bond donors (Lipinski definition) is 1. The van der Waals surface area contributed by atoms with Crippen LogP contribution in [0.1, 0.15) is 17.9 Å². The summed E-state index contributed by atoms with van der Waals surface area (Å²) in [4.78, 5) is 4.70. The van der Waals surface area contributed by atoms with Crippen molar-refractivity contribution in [3.8, 4) is 11.4 Å². The standard InChI is InChI=1S/C16H14BrN3OS/c17-13-9-22-8-12(13)14-19-15(21-20-14)16(6-7-18-10-16)11-4-2-1-3-5-11/h1-5,8-9,18H,6-7,10H2. The zero-order valence-corrected chi connectivity index (χ0v) is 14.2. The molecule has 0 aliphatic carbocycles. The van der Waals surface area contributed by atoms with Gasteiger partial charge in [-0.15, -0.1) is 0 Å². The van der Waals surface area contributed by atoms with E-state index in [0.717, 1.165) is 29.5 Å². The van der Waals surface area contributed by atoms with E-state index >= 15 is 0 Å². The van der Waals surface area contributed by atoms with Crippen LogP contribution in [-0.2, 0) is 5.41 Å². The third-order valence-corrected chi connectivity index (χ3v) is 5.88. The van der Waals surface area contributed by atoms with E-state index in [0.29, 0.717) is 11.7 Å². The van der Waals surface area contributed by atoms with Crippen LogP contribution in [0.5, 0.6) is 0 Å². The zero-order valence-electron chi connectivity index (χ0n) is 11.8. The van der Waals surface area contributed by atoms with E-state index in [2.05, 4.69) is 50.7 Å². The van der Waals surface area contributed by atoms with E-state index in [4.69, 9.17) is 9.51 Å². The zero-order chi connectivity index (χ0) is 15.0. The normalized spacial score (nSPS) is 21.3. The predicted molar refractivity (Wildman–Crippen MR) is 90.0 cm³/mol. The quantitative estimate of drug-likeness (QED) is 0.755. The van der Waals surface area contributed by atoms with Gasteiger partial charge in [-0.1, -0.05) is 35.5 Å². The van der Waals surface area contributed by atoms with Gasteiger partial charge in [0.05, 0.1) is 5.41 Å². The summed E-state index contributed by atoms with van der Waals surface area (Å²) in [5.41, 5.74) is 1.98. The van der Waals surface area contributed by atoms with E-state index < -0.39 is 0 Å². The van der Waals surface area contributed by atoms with Crippen LogP contribution >= 0.6 is 27.3 Å². The van der Waals surface area contributed by atoms with Gasteiger partial charge in [-0.3, -0.25) is 0 Å². The second-order valence-corrected chi connectivity index (χ2v) is 7.03. The molecule has 1 atom stereocenters. The van der Waals surface area contributed by atoms with Gasteiger partial charge in [0.1, 0.15) is 0 Å². The second-order valence-electron chi connectivity index (χ2n) is 5.43. The van der Waals surface area contributed by atoms with Gasteiger partial charge in [0.25, 0.3) is 0 Å². The second kappa shape index (κ2) is 5.61. The number of hydrogen-bond acceptors (Lipinski definition) is 5. The molecule has 1 saturated heterocycles. The van der Waals surface area contributed by atoms with Crippen molar-refractivity contribution in [2.24, 2.45) is 0 Å². The Morgan fingerprint density at radius 1 is 1.23 bits per heavy atom. The highest BCUT2D eigenvalue weighted by atomic mass is 79.9. The van der Waals surface area contributed by atoms with Crippen LogP contribution in [0.15, 0.2) is 50.1 Å². The fourth-order valence-electron chi connectivity index (χ4n) is 2.97. The maximum atomic E-state index is 5.67. The molecule has 22 heavy (non-hydrogen) atoms. The molecule has 0 spiro atoms. The van der Waals surface area contributed by atoms with Gasteiger partial charge in [-0.05, 0) is 34.5 Å². The molecule has 1 N–H and O–H groups in total. The summed E-state index contributed by atoms with van der Waals surface area (Å²) < 4.78 is 6.67. The Kier molecular flexibility index (Phi) is 3.60. The molecule has 1 fully saturated rings. The first kappa shape index (κ1) is 14.1. The van der Waals surface area contributed by atoms with Crippen molar-refractivity contribution in [1.29, 1.82) is 0 Å². The van der Waals surface area contributed by atoms with Gasteiger partial charge in [-0.2, -0.15) is 16.3 Å². The van der Waals surface area contributed by atoms with E-state index in [-0.39, 0.29) is 5.41 Å². The lowest BCUT2D eigenvalue weighted by Gasteiger charge is -2.24. The summed E-state index contributed by atoms with van der Waals surface area (Å²) >= 11 is 5.15. The molecule has 1 aromatic carbocycles. The van der Waals surface area contributed by atoms with Crippen LogP contribution in [-0.4, -0.2) is 23.2 Å². The van der Waals surface area contributed by atoms with Crippen molar-refractivity contribution in [1.82, 2.24) is 15.5 Å². The lowest BCUT2D eigenvalue weighted by atomic mass is 9.79. The number of aromatic nitrogens is 2. The Hall–Kier alpha value is -1.50. The van der Waals surface area contributed by atoms with Gasteiger partial charge >= 0.3 is 0 Å². The number of thiophene rings is 1. The first-order chi connectivity index (χ1) is 10.8. The van der Waals surface area contributed by atoms with Crippen molar-refractivity contribution in [3.63, 3.8) is 0 Å². The number of halogens is 1. The van der Waals surface area contributed by atoms with Crippen molar-refractivity contribution >= 4 is 27.3 Å². The summed E-state index contributed by atoms with van der Waals surface area (Å²) in [6.07, 6.45) is 0.962. The fourth-order valence-corrected chi connectivity index (χ4v) is 4.42. The molecule has 0 radical (unpaired) electrons. The Morgan fingerprint density at radius 2 is 2.09 bits per heavy atom. The maximum absolute atomic E-state index is 5.67. The van der Waals surface area contributed by atoms with Crippen LogP contribution in [0.3, 0.4) is 0 Å². The van der Waals surface area contributed by atoms with Gasteiger partial charge in [0.2, 0.25) is 11.7 Å². The highest BCUT2D eigenvalue weighted by Crippen LogP contribution is 2.38. The molecular weight excluding hydrogens is 362 g/mol. The summed E-state index contributed by atoms with van der Waals surface area (Å²) in [6, 6.07) is 10.4. The minimum Gasteiger partial charge on any atom is -0.338 e. The summed E-state index contributed by atoms with van der Waals surface area (Å²) in [5, 5.41) is 11.7. The molecule has 112 valence electrons. The lowest BCUT2D eigenvalue weighted by molar-refractivity contribution is 0.320. The summed E-state index contributed by atoms with van der Waals surface area (Å²) in [7, 11) is 0. The highest BCUT2D eigenvalue weighted by molar-refractivity contribution is 9.10. The van der Waals surface area contributed by atoms with E-state index in [1.54, 1.807) is 11.3 Å². The molecule has 6 heteroatoms. The van der Waals surface area contributed by atoms with Crippen molar-refractivity contribution in [2.75, 3.05) is 13.1 Å². The highest BCUT2D eigenvalue weighted by Gasteiger charge is 2.42.